The number of rotatable bonds is 3. The molecule has 0 aliphatic carbocycles. The van der Waals surface area contributed by atoms with Gasteiger partial charge in [0.25, 0.3) is 0 Å². The molecule has 1 N–H and O–H groups in total. The lowest BCUT2D eigenvalue weighted by Gasteiger charge is -2.33. The summed E-state index contributed by atoms with van der Waals surface area (Å²) in [6.45, 7) is 4.27. The van der Waals surface area contributed by atoms with Gasteiger partial charge in [0, 0.05) is 11.7 Å². The molecule has 100 valence electrons. The Morgan fingerprint density at radius 3 is 2.50 bits per heavy atom. The molecular formula is C14H20BrNO2. The van der Waals surface area contributed by atoms with E-state index in [4.69, 9.17) is 9.47 Å². The fourth-order valence-electron chi connectivity index (χ4n) is 2.51. The Balaban J connectivity index is 2.02. The molecule has 1 fully saturated rings. The standard InChI is InChI=1S/C14H20BrNO2/c1-9-6-12(7-10(2)18-9)16-11-4-5-14(17-3)13(15)8-11/h4-5,8-10,12,16H,6-7H2,1-3H3. The van der Waals surface area contributed by atoms with Crippen LogP contribution < -0.4 is 10.1 Å². The van der Waals surface area contributed by atoms with Gasteiger partial charge in [-0.05, 0) is 60.8 Å². The molecule has 0 radical (unpaired) electrons. The molecule has 2 unspecified atom stereocenters. The van der Waals surface area contributed by atoms with E-state index in [9.17, 15) is 0 Å². The maximum atomic E-state index is 5.75. The van der Waals surface area contributed by atoms with Gasteiger partial charge in [0.1, 0.15) is 5.75 Å². The monoisotopic (exact) mass is 313 g/mol. The van der Waals surface area contributed by atoms with Gasteiger partial charge in [-0.15, -0.1) is 0 Å². The van der Waals surface area contributed by atoms with Gasteiger partial charge >= 0.3 is 0 Å². The molecule has 0 saturated carbocycles. The zero-order chi connectivity index (χ0) is 13.1. The maximum Gasteiger partial charge on any atom is 0.133 e. The predicted octanol–water partition coefficient (Wildman–Crippen LogP) is 3.83. The number of anilines is 1. The summed E-state index contributed by atoms with van der Waals surface area (Å²) in [6.07, 6.45) is 2.75. The Morgan fingerprint density at radius 1 is 1.28 bits per heavy atom. The third-order valence-corrected chi connectivity index (χ3v) is 3.84. The van der Waals surface area contributed by atoms with E-state index in [2.05, 4.69) is 41.2 Å². The highest BCUT2D eigenvalue weighted by atomic mass is 79.9. The van der Waals surface area contributed by atoms with Gasteiger partial charge in [0.2, 0.25) is 0 Å². The number of benzene rings is 1. The van der Waals surface area contributed by atoms with Crippen molar-refractivity contribution in [2.75, 3.05) is 12.4 Å². The number of hydrogen-bond donors (Lipinski definition) is 1. The summed E-state index contributed by atoms with van der Waals surface area (Å²) in [7, 11) is 1.68. The Labute approximate surface area is 117 Å². The van der Waals surface area contributed by atoms with Crippen LogP contribution in [0.5, 0.6) is 5.75 Å². The number of ether oxygens (including phenoxy) is 2. The second kappa shape index (κ2) is 5.93. The molecule has 3 nitrogen and oxygen atoms in total. The van der Waals surface area contributed by atoms with E-state index in [1.165, 1.54) is 0 Å². The van der Waals surface area contributed by atoms with Crippen LogP contribution >= 0.6 is 15.9 Å². The van der Waals surface area contributed by atoms with E-state index in [1.54, 1.807) is 7.11 Å². The molecule has 1 aliphatic heterocycles. The minimum atomic E-state index is 0.327. The zero-order valence-electron chi connectivity index (χ0n) is 11.1. The van der Waals surface area contributed by atoms with E-state index >= 15 is 0 Å². The minimum Gasteiger partial charge on any atom is -0.496 e. The Kier molecular flexibility index (Phi) is 4.51. The van der Waals surface area contributed by atoms with Crippen LogP contribution in [0.1, 0.15) is 26.7 Å². The molecule has 1 aromatic carbocycles. The molecule has 0 amide bonds. The Bertz CT molecular complexity index is 401. The second-order valence-electron chi connectivity index (χ2n) is 4.92. The van der Waals surface area contributed by atoms with Gasteiger partial charge < -0.3 is 14.8 Å². The van der Waals surface area contributed by atoms with Crippen LogP contribution in [-0.4, -0.2) is 25.4 Å². The van der Waals surface area contributed by atoms with Gasteiger partial charge in [-0.25, -0.2) is 0 Å². The van der Waals surface area contributed by atoms with Crippen molar-refractivity contribution in [1.29, 1.82) is 0 Å². The van der Waals surface area contributed by atoms with Crippen molar-refractivity contribution in [3.63, 3.8) is 0 Å². The quantitative estimate of drug-likeness (QED) is 0.920. The van der Waals surface area contributed by atoms with Gasteiger partial charge in [-0.1, -0.05) is 0 Å². The molecule has 1 aliphatic rings. The molecule has 1 aromatic rings. The van der Waals surface area contributed by atoms with E-state index < -0.39 is 0 Å². The Hall–Kier alpha value is -0.740. The molecule has 1 saturated heterocycles. The van der Waals surface area contributed by atoms with Crippen LogP contribution in [0.25, 0.3) is 0 Å². The predicted molar refractivity (Wildman–Crippen MR) is 77.3 cm³/mol. The molecule has 0 bridgehead atoms. The summed E-state index contributed by atoms with van der Waals surface area (Å²) in [5.41, 5.74) is 1.12. The summed E-state index contributed by atoms with van der Waals surface area (Å²) in [5, 5.41) is 3.57. The first-order chi connectivity index (χ1) is 8.58. The van der Waals surface area contributed by atoms with E-state index in [-0.39, 0.29) is 0 Å². The Morgan fingerprint density at radius 2 is 1.94 bits per heavy atom. The summed E-state index contributed by atoms with van der Waals surface area (Å²) in [6, 6.07) is 6.56. The van der Waals surface area contributed by atoms with Gasteiger partial charge in [-0.3, -0.25) is 0 Å². The van der Waals surface area contributed by atoms with E-state index in [1.807, 2.05) is 12.1 Å². The van der Waals surface area contributed by atoms with Crippen LogP contribution in [-0.2, 0) is 4.74 Å². The molecule has 0 spiro atoms. The largest absolute Gasteiger partial charge is 0.496 e. The van der Waals surface area contributed by atoms with Crippen LogP contribution in [0.15, 0.2) is 22.7 Å². The average molecular weight is 314 g/mol. The molecule has 0 aromatic heterocycles. The van der Waals surface area contributed by atoms with Crippen molar-refractivity contribution in [2.45, 2.75) is 44.9 Å². The normalized spacial score (nSPS) is 27.9. The molecular weight excluding hydrogens is 294 g/mol. The second-order valence-corrected chi connectivity index (χ2v) is 5.77. The van der Waals surface area contributed by atoms with Crippen LogP contribution in [0.2, 0.25) is 0 Å². The highest BCUT2D eigenvalue weighted by Gasteiger charge is 2.24. The fraction of sp³-hybridized carbons (Fsp3) is 0.571. The SMILES string of the molecule is COc1ccc(NC2CC(C)OC(C)C2)cc1Br. The lowest BCUT2D eigenvalue weighted by Crippen LogP contribution is -2.36. The number of methoxy groups -OCH3 is 1. The van der Waals surface area contributed by atoms with Gasteiger partial charge in [-0.2, -0.15) is 0 Å². The molecule has 1 heterocycles. The summed E-state index contributed by atoms with van der Waals surface area (Å²) >= 11 is 3.51. The lowest BCUT2D eigenvalue weighted by atomic mass is 9.99. The smallest absolute Gasteiger partial charge is 0.133 e. The molecule has 4 heteroatoms. The third kappa shape index (κ3) is 3.39. The van der Waals surface area contributed by atoms with Gasteiger partial charge in [0.15, 0.2) is 0 Å². The van der Waals surface area contributed by atoms with E-state index in [0.29, 0.717) is 18.2 Å². The molecule has 2 rings (SSSR count). The number of hydrogen-bond acceptors (Lipinski definition) is 3. The third-order valence-electron chi connectivity index (χ3n) is 3.22. The van der Waals surface area contributed by atoms with Crippen molar-refractivity contribution in [2.24, 2.45) is 0 Å². The molecule has 18 heavy (non-hydrogen) atoms. The van der Waals surface area contributed by atoms with Crippen molar-refractivity contribution in [1.82, 2.24) is 0 Å². The van der Waals surface area contributed by atoms with Crippen molar-refractivity contribution >= 4 is 21.6 Å². The number of nitrogens with one attached hydrogen (secondary N) is 1. The first-order valence-corrected chi connectivity index (χ1v) is 7.13. The van der Waals surface area contributed by atoms with Crippen molar-refractivity contribution < 1.29 is 9.47 Å². The lowest BCUT2D eigenvalue weighted by molar-refractivity contribution is -0.0337. The minimum absolute atomic E-state index is 0.327. The van der Waals surface area contributed by atoms with Gasteiger partial charge in [0.05, 0.1) is 23.8 Å². The summed E-state index contributed by atoms with van der Waals surface area (Å²) in [4.78, 5) is 0. The van der Waals surface area contributed by atoms with Crippen LogP contribution in [0, 0.1) is 0 Å². The first-order valence-electron chi connectivity index (χ1n) is 6.34. The highest BCUT2D eigenvalue weighted by molar-refractivity contribution is 9.10. The maximum absolute atomic E-state index is 5.75. The topological polar surface area (TPSA) is 30.5 Å². The van der Waals surface area contributed by atoms with Crippen LogP contribution in [0.4, 0.5) is 5.69 Å². The summed E-state index contributed by atoms with van der Waals surface area (Å²) in [5.74, 6) is 0.856. The number of halogens is 1. The fourth-order valence-corrected chi connectivity index (χ4v) is 3.06. The van der Waals surface area contributed by atoms with Crippen molar-refractivity contribution in [3.05, 3.63) is 22.7 Å². The van der Waals surface area contributed by atoms with E-state index in [0.717, 1.165) is 28.8 Å². The molecule has 2 atom stereocenters. The highest BCUT2D eigenvalue weighted by Crippen LogP contribution is 2.29. The first kappa shape index (κ1) is 13.7. The van der Waals surface area contributed by atoms with Crippen LogP contribution in [0.3, 0.4) is 0 Å². The summed E-state index contributed by atoms with van der Waals surface area (Å²) < 4.78 is 11.9. The zero-order valence-corrected chi connectivity index (χ0v) is 12.7. The average Bonchev–Trinajstić information content (AvgIpc) is 2.27. The van der Waals surface area contributed by atoms with Crippen molar-refractivity contribution in [3.8, 4) is 5.75 Å².